The van der Waals surface area contributed by atoms with E-state index in [9.17, 15) is 4.79 Å². The Morgan fingerprint density at radius 3 is 3.14 bits per heavy atom. The van der Waals surface area contributed by atoms with Crippen LogP contribution < -0.4 is 0 Å². The number of hydrogen-bond acceptors (Lipinski definition) is 4. The third-order valence-corrected chi connectivity index (χ3v) is 2.67. The first-order valence-corrected chi connectivity index (χ1v) is 4.89. The number of carbonyl (C=O) groups excluding carboxylic acids is 1. The molecule has 1 saturated carbocycles. The smallest absolute Gasteiger partial charge is 0.293 e. The first kappa shape index (κ1) is 9.24. The minimum absolute atomic E-state index is 0.385. The van der Waals surface area contributed by atoms with Crippen LogP contribution >= 0.6 is 0 Å². The Kier molecular flexibility index (Phi) is 2.81. The van der Waals surface area contributed by atoms with Gasteiger partial charge in [-0.2, -0.15) is 0 Å². The number of nitrogens with zero attached hydrogens (tertiary/aromatic N) is 1. The molecule has 0 aliphatic heterocycles. The Morgan fingerprint density at radius 1 is 1.64 bits per heavy atom. The van der Waals surface area contributed by atoms with Crippen LogP contribution in [0.3, 0.4) is 0 Å². The standard InChI is InChI=1S/C10H13NO3/c12-7-13-5-4-9-10(14-6-11-9)8-2-1-3-8/h6-8H,1-5H2. The average Bonchev–Trinajstić information content (AvgIpc) is 2.51. The summed E-state index contributed by atoms with van der Waals surface area (Å²) in [5.74, 6) is 1.54. The van der Waals surface area contributed by atoms with Gasteiger partial charge in [0.25, 0.3) is 6.47 Å². The van der Waals surface area contributed by atoms with E-state index in [2.05, 4.69) is 9.72 Å². The summed E-state index contributed by atoms with van der Waals surface area (Å²) >= 11 is 0. The van der Waals surface area contributed by atoms with E-state index >= 15 is 0 Å². The lowest BCUT2D eigenvalue weighted by atomic mass is 9.82. The molecule has 1 aromatic heterocycles. The quantitative estimate of drug-likeness (QED) is 0.529. The molecule has 1 fully saturated rings. The van der Waals surface area contributed by atoms with Crippen molar-refractivity contribution in [2.45, 2.75) is 31.6 Å². The molecule has 1 aliphatic rings. The fraction of sp³-hybridized carbons (Fsp3) is 0.600. The molecule has 1 aromatic rings. The van der Waals surface area contributed by atoms with Gasteiger partial charge >= 0.3 is 0 Å². The van der Waals surface area contributed by atoms with E-state index in [4.69, 9.17) is 4.42 Å². The molecule has 0 atom stereocenters. The van der Waals surface area contributed by atoms with Gasteiger partial charge in [0.05, 0.1) is 12.3 Å². The van der Waals surface area contributed by atoms with Gasteiger partial charge in [0.15, 0.2) is 6.39 Å². The molecule has 76 valence electrons. The lowest BCUT2D eigenvalue weighted by molar-refractivity contribution is -0.128. The van der Waals surface area contributed by atoms with Crippen LogP contribution in [0.25, 0.3) is 0 Å². The molecule has 0 radical (unpaired) electrons. The normalized spacial score (nSPS) is 16.3. The molecule has 0 N–H and O–H groups in total. The zero-order chi connectivity index (χ0) is 9.80. The first-order chi connectivity index (χ1) is 6.92. The summed E-state index contributed by atoms with van der Waals surface area (Å²) in [4.78, 5) is 14.1. The highest BCUT2D eigenvalue weighted by atomic mass is 16.5. The van der Waals surface area contributed by atoms with Crippen LogP contribution in [0.1, 0.15) is 36.6 Å². The predicted octanol–water partition coefficient (Wildman–Crippen LogP) is 1.66. The number of carbonyl (C=O) groups is 1. The number of ether oxygens (including phenoxy) is 1. The van der Waals surface area contributed by atoms with Crippen molar-refractivity contribution in [1.82, 2.24) is 4.98 Å². The molecule has 0 bridgehead atoms. The van der Waals surface area contributed by atoms with Crippen LogP contribution in [-0.4, -0.2) is 18.1 Å². The van der Waals surface area contributed by atoms with Crippen LogP contribution in [0.2, 0.25) is 0 Å². The zero-order valence-corrected chi connectivity index (χ0v) is 7.94. The fourth-order valence-electron chi connectivity index (χ4n) is 1.67. The largest absolute Gasteiger partial charge is 0.467 e. The van der Waals surface area contributed by atoms with Gasteiger partial charge in [-0.05, 0) is 12.8 Å². The molecule has 0 unspecified atom stereocenters. The highest BCUT2D eigenvalue weighted by Crippen LogP contribution is 2.37. The molecular formula is C10H13NO3. The Bertz CT molecular complexity index is 304. The molecule has 2 rings (SSSR count). The van der Waals surface area contributed by atoms with Crippen molar-refractivity contribution in [3.63, 3.8) is 0 Å². The van der Waals surface area contributed by atoms with Gasteiger partial charge in [-0.1, -0.05) is 6.42 Å². The van der Waals surface area contributed by atoms with Gasteiger partial charge in [0.2, 0.25) is 0 Å². The number of aromatic nitrogens is 1. The summed E-state index contributed by atoms with van der Waals surface area (Å²) in [5, 5.41) is 0. The monoisotopic (exact) mass is 195 g/mol. The van der Waals surface area contributed by atoms with E-state index in [1.54, 1.807) is 0 Å². The van der Waals surface area contributed by atoms with E-state index in [1.165, 1.54) is 25.7 Å². The third kappa shape index (κ3) is 1.78. The van der Waals surface area contributed by atoms with Crippen molar-refractivity contribution < 1.29 is 13.9 Å². The lowest BCUT2D eigenvalue weighted by Gasteiger charge is -2.23. The van der Waals surface area contributed by atoms with Crippen LogP contribution in [-0.2, 0) is 16.0 Å². The van der Waals surface area contributed by atoms with Crippen LogP contribution in [0.15, 0.2) is 10.8 Å². The molecule has 0 spiro atoms. The van der Waals surface area contributed by atoms with Gasteiger partial charge in [0.1, 0.15) is 5.76 Å². The van der Waals surface area contributed by atoms with Crippen molar-refractivity contribution in [2.75, 3.05) is 6.61 Å². The second-order valence-corrected chi connectivity index (χ2v) is 3.51. The molecule has 14 heavy (non-hydrogen) atoms. The Labute approximate surface area is 82.3 Å². The van der Waals surface area contributed by atoms with Crippen molar-refractivity contribution in [3.05, 3.63) is 17.8 Å². The number of oxazole rings is 1. The average molecular weight is 195 g/mol. The van der Waals surface area contributed by atoms with Crippen LogP contribution in [0, 0.1) is 0 Å². The van der Waals surface area contributed by atoms with Gasteiger partial charge in [-0.3, -0.25) is 4.79 Å². The summed E-state index contributed by atoms with van der Waals surface area (Å²) in [6, 6.07) is 0. The van der Waals surface area contributed by atoms with Crippen molar-refractivity contribution >= 4 is 6.47 Å². The second-order valence-electron chi connectivity index (χ2n) is 3.51. The highest BCUT2D eigenvalue weighted by Gasteiger charge is 2.25. The predicted molar refractivity (Wildman–Crippen MR) is 48.8 cm³/mol. The van der Waals surface area contributed by atoms with E-state index in [0.29, 0.717) is 25.4 Å². The maximum absolute atomic E-state index is 9.95. The van der Waals surface area contributed by atoms with Crippen LogP contribution in [0.4, 0.5) is 0 Å². The van der Waals surface area contributed by atoms with E-state index < -0.39 is 0 Å². The van der Waals surface area contributed by atoms with Gasteiger partial charge in [-0.15, -0.1) is 0 Å². The van der Waals surface area contributed by atoms with Crippen LogP contribution in [0.5, 0.6) is 0 Å². The Morgan fingerprint density at radius 2 is 2.50 bits per heavy atom. The summed E-state index contributed by atoms with van der Waals surface area (Å²) in [6.45, 7) is 0.846. The molecule has 4 nitrogen and oxygen atoms in total. The molecule has 0 saturated heterocycles. The SMILES string of the molecule is O=COCCc1ncoc1C1CCC1. The van der Waals surface area contributed by atoms with Crippen molar-refractivity contribution in [2.24, 2.45) is 0 Å². The maximum atomic E-state index is 9.95. The summed E-state index contributed by atoms with van der Waals surface area (Å²) < 4.78 is 9.98. The molecule has 0 aromatic carbocycles. The van der Waals surface area contributed by atoms with Crippen molar-refractivity contribution in [1.29, 1.82) is 0 Å². The number of rotatable bonds is 5. The second kappa shape index (κ2) is 4.26. The van der Waals surface area contributed by atoms with E-state index in [1.807, 2.05) is 0 Å². The summed E-state index contributed by atoms with van der Waals surface area (Å²) in [5.41, 5.74) is 0.941. The minimum atomic E-state index is 0.385. The van der Waals surface area contributed by atoms with Gasteiger partial charge in [-0.25, -0.2) is 4.98 Å². The minimum Gasteiger partial charge on any atom is -0.467 e. The van der Waals surface area contributed by atoms with Crippen molar-refractivity contribution in [3.8, 4) is 0 Å². The van der Waals surface area contributed by atoms with Gasteiger partial charge < -0.3 is 9.15 Å². The molecule has 1 heterocycles. The zero-order valence-electron chi connectivity index (χ0n) is 7.94. The topological polar surface area (TPSA) is 52.3 Å². The molecular weight excluding hydrogens is 182 g/mol. The molecule has 0 amide bonds. The molecule has 4 heteroatoms. The maximum Gasteiger partial charge on any atom is 0.293 e. The summed E-state index contributed by atoms with van der Waals surface area (Å²) in [6.07, 6.45) is 5.79. The fourth-order valence-corrected chi connectivity index (χ4v) is 1.67. The molecule has 1 aliphatic carbocycles. The highest BCUT2D eigenvalue weighted by molar-refractivity contribution is 5.36. The Balaban J connectivity index is 1.94. The van der Waals surface area contributed by atoms with E-state index in [0.717, 1.165) is 11.5 Å². The van der Waals surface area contributed by atoms with E-state index in [-0.39, 0.29) is 0 Å². The summed E-state index contributed by atoms with van der Waals surface area (Å²) in [7, 11) is 0. The van der Waals surface area contributed by atoms with Gasteiger partial charge in [0, 0.05) is 12.3 Å². The lowest BCUT2D eigenvalue weighted by Crippen LogP contribution is -2.11. The Hall–Kier alpha value is -1.32. The third-order valence-electron chi connectivity index (χ3n) is 2.67. The first-order valence-electron chi connectivity index (χ1n) is 4.89. The number of hydrogen-bond donors (Lipinski definition) is 0.